The second-order valence-corrected chi connectivity index (χ2v) is 6.51. The number of carbonyl (C=O) groups is 2. The Hall–Kier alpha value is -2.79. The van der Waals surface area contributed by atoms with Crippen LogP contribution in [0.5, 0.6) is 0 Å². The first-order valence-electron chi connectivity index (χ1n) is 7.34. The molecule has 0 fully saturated rings. The van der Waals surface area contributed by atoms with E-state index in [-0.39, 0.29) is 5.69 Å². The van der Waals surface area contributed by atoms with Crippen LogP contribution < -0.4 is 0 Å². The first-order chi connectivity index (χ1) is 13.1. The minimum atomic E-state index is -5.08. The highest BCUT2D eigenvalue weighted by Gasteiger charge is 2.38. The fourth-order valence-corrected chi connectivity index (χ4v) is 3.20. The van der Waals surface area contributed by atoms with Crippen molar-refractivity contribution in [3.05, 3.63) is 52.7 Å². The number of aromatic amines is 1. The topological polar surface area (TPSA) is 116 Å². The molecule has 0 aliphatic rings. The maximum atomic E-state index is 11.0. The van der Waals surface area contributed by atoms with Crippen molar-refractivity contribution in [2.45, 2.75) is 17.0 Å². The third-order valence-electron chi connectivity index (χ3n) is 3.30. The predicted molar refractivity (Wildman–Crippen MR) is 95.6 cm³/mol. The third-order valence-corrected chi connectivity index (χ3v) is 4.64. The Morgan fingerprint density at radius 2 is 1.71 bits per heavy atom. The van der Waals surface area contributed by atoms with Gasteiger partial charge in [-0.3, -0.25) is 5.10 Å². The molecule has 28 heavy (non-hydrogen) atoms. The van der Waals surface area contributed by atoms with E-state index in [9.17, 15) is 18.0 Å². The van der Waals surface area contributed by atoms with Crippen LogP contribution in [0.4, 0.5) is 13.2 Å². The van der Waals surface area contributed by atoms with E-state index in [4.69, 9.17) is 26.6 Å². The van der Waals surface area contributed by atoms with Crippen molar-refractivity contribution >= 4 is 46.1 Å². The van der Waals surface area contributed by atoms with Crippen LogP contribution in [0.2, 0.25) is 5.02 Å². The van der Waals surface area contributed by atoms with E-state index < -0.39 is 18.1 Å². The number of rotatable bonds is 4. The highest BCUT2D eigenvalue weighted by atomic mass is 35.5. The fraction of sp³-hybridized carbons (Fsp3) is 0.125. The lowest BCUT2D eigenvalue weighted by atomic mass is 10.1. The number of alkyl halides is 3. The number of thioether (sulfide) groups is 1. The number of halogens is 4. The zero-order valence-corrected chi connectivity index (χ0v) is 15.3. The lowest BCUT2D eigenvalue weighted by Crippen LogP contribution is -2.21. The van der Waals surface area contributed by atoms with Crippen molar-refractivity contribution in [3.63, 3.8) is 0 Å². The summed E-state index contributed by atoms with van der Waals surface area (Å²) in [6, 6.07) is 11.6. The summed E-state index contributed by atoms with van der Waals surface area (Å²) in [5, 5.41) is 29.0. The molecule has 0 spiro atoms. The summed E-state index contributed by atoms with van der Waals surface area (Å²) >= 11 is 7.51. The number of aliphatic carboxylic acids is 1. The Bertz CT molecular complexity index is 1010. The second-order valence-electron chi connectivity index (χ2n) is 5.14. The maximum absolute atomic E-state index is 11.0. The van der Waals surface area contributed by atoms with Crippen LogP contribution in [0.15, 0.2) is 41.4 Å². The summed E-state index contributed by atoms with van der Waals surface area (Å²) in [4.78, 5) is 19.9. The maximum Gasteiger partial charge on any atom is 0.490 e. The van der Waals surface area contributed by atoms with E-state index in [1.165, 1.54) is 11.8 Å². The van der Waals surface area contributed by atoms with Crippen molar-refractivity contribution < 1.29 is 33.0 Å². The van der Waals surface area contributed by atoms with Crippen LogP contribution in [0.25, 0.3) is 10.8 Å². The number of aromatic nitrogens is 3. The lowest BCUT2D eigenvalue weighted by molar-refractivity contribution is -0.192. The number of carboxylic acid groups (broad SMARTS) is 2. The Balaban J connectivity index is 0.000000345. The Labute approximate surface area is 164 Å². The Kier molecular flexibility index (Phi) is 6.86. The van der Waals surface area contributed by atoms with E-state index in [1.807, 2.05) is 36.4 Å². The van der Waals surface area contributed by atoms with Gasteiger partial charge in [0, 0.05) is 16.2 Å². The van der Waals surface area contributed by atoms with Gasteiger partial charge in [-0.1, -0.05) is 58.9 Å². The van der Waals surface area contributed by atoms with Gasteiger partial charge in [0.2, 0.25) is 0 Å². The van der Waals surface area contributed by atoms with Crippen molar-refractivity contribution in [1.82, 2.24) is 15.4 Å². The van der Waals surface area contributed by atoms with Crippen molar-refractivity contribution in [2.24, 2.45) is 0 Å². The minimum absolute atomic E-state index is 0.0123. The van der Waals surface area contributed by atoms with Gasteiger partial charge in [-0.2, -0.15) is 13.2 Å². The molecule has 0 radical (unpaired) electrons. The number of aromatic carboxylic acids is 1. The third kappa shape index (κ3) is 5.36. The molecule has 1 heterocycles. The molecule has 0 amide bonds. The zero-order chi connectivity index (χ0) is 20.9. The molecule has 3 aromatic rings. The summed E-state index contributed by atoms with van der Waals surface area (Å²) in [7, 11) is 0. The van der Waals surface area contributed by atoms with Gasteiger partial charge in [-0.15, -0.1) is 5.10 Å². The Morgan fingerprint density at radius 3 is 2.29 bits per heavy atom. The van der Waals surface area contributed by atoms with Crippen LogP contribution in [-0.2, 0) is 10.5 Å². The molecular weight excluding hydrogens is 423 g/mol. The molecule has 7 nitrogen and oxygen atoms in total. The molecule has 3 rings (SSSR count). The number of carboxylic acids is 2. The molecule has 1 aromatic heterocycles. The summed E-state index contributed by atoms with van der Waals surface area (Å²) in [6.45, 7) is 0. The number of fused-ring (bicyclic) bond motifs is 1. The average Bonchev–Trinajstić information content (AvgIpc) is 3.10. The van der Waals surface area contributed by atoms with Crippen LogP contribution in [0.3, 0.4) is 0 Å². The molecule has 12 heteroatoms. The molecule has 148 valence electrons. The molecule has 2 aromatic carbocycles. The van der Waals surface area contributed by atoms with Gasteiger partial charge in [0.1, 0.15) is 0 Å². The van der Waals surface area contributed by atoms with Crippen molar-refractivity contribution in [1.29, 1.82) is 0 Å². The van der Waals surface area contributed by atoms with Crippen molar-refractivity contribution in [2.75, 3.05) is 0 Å². The Morgan fingerprint density at radius 1 is 1.11 bits per heavy atom. The molecule has 0 saturated carbocycles. The van der Waals surface area contributed by atoms with E-state index in [1.54, 1.807) is 0 Å². The smallest absolute Gasteiger partial charge is 0.476 e. The number of hydrogen-bond donors (Lipinski definition) is 3. The lowest BCUT2D eigenvalue weighted by Gasteiger charge is -2.07. The number of H-pyrrole nitrogens is 1. The predicted octanol–water partition coefficient (Wildman–Crippen LogP) is 4.24. The number of hydrogen-bond acceptors (Lipinski definition) is 5. The van der Waals surface area contributed by atoms with Gasteiger partial charge in [0.25, 0.3) is 0 Å². The number of nitrogens with zero attached hydrogens (tertiary/aromatic N) is 2. The van der Waals surface area contributed by atoms with Crippen LogP contribution in [0.1, 0.15) is 16.1 Å². The first-order valence-corrected chi connectivity index (χ1v) is 8.71. The zero-order valence-electron chi connectivity index (χ0n) is 13.7. The molecule has 0 unspecified atom stereocenters. The van der Waals surface area contributed by atoms with Crippen molar-refractivity contribution in [3.8, 4) is 0 Å². The molecule has 0 aliphatic heterocycles. The first kappa shape index (κ1) is 21.5. The molecule has 3 N–H and O–H groups in total. The molecular formula is C16H11ClF3N3O4S. The van der Waals surface area contributed by atoms with E-state index in [0.717, 1.165) is 16.3 Å². The monoisotopic (exact) mass is 433 g/mol. The molecule has 0 saturated heterocycles. The highest BCUT2D eigenvalue weighted by molar-refractivity contribution is 7.98. The van der Waals surface area contributed by atoms with E-state index in [0.29, 0.717) is 15.8 Å². The summed E-state index contributed by atoms with van der Waals surface area (Å²) in [6.07, 6.45) is -5.08. The van der Waals surface area contributed by atoms with Crippen LogP contribution >= 0.6 is 23.4 Å². The van der Waals surface area contributed by atoms with Gasteiger partial charge in [-0.05, 0) is 17.0 Å². The quantitative estimate of drug-likeness (QED) is 0.527. The van der Waals surface area contributed by atoms with Gasteiger partial charge in [0.15, 0.2) is 10.7 Å². The normalized spacial score (nSPS) is 11.0. The molecule has 0 bridgehead atoms. The standard InChI is InChI=1S/C14H10ClN3O2S.C2HF3O2/c15-11-6-5-8(9-3-1-2-4-10(9)11)7-21-13-12(14(19)20)16-18-17-13;3-2(4,5)1(6)7/h1-6H,7H2,(H,19,20)(H,16,17,18);(H,6,7). The highest BCUT2D eigenvalue weighted by Crippen LogP contribution is 2.31. The fourth-order valence-electron chi connectivity index (χ4n) is 2.06. The summed E-state index contributed by atoms with van der Waals surface area (Å²) in [5.74, 6) is -3.24. The van der Waals surface area contributed by atoms with Crippen LogP contribution in [-0.4, -0.2) is 43.7 Å². The second kappa shape index (κ2) is 8.93. The SMILES string of the molecule is O=C(O)C(F)(F)F.O=C(O)c1[nH]nnc1SCc1ccc(Cl)c2ccccc12. The number of benzene rings is 2. The van der Waals surface area contributed by atoms with Gasteiger partial charge < -0.3 is 10.2 Å². The summed E-state index contributed by atoms with van der Waals surface area (Å²) < 4.78 is 31.7. The van der Waals surface area contributed by atoms with E-state index >= 15 is 0 Å². The average molecular weight is 434 g/mol. The van der Waals surface area contributed by atoms with Gasteiger partial charge in [0.05, 0.1) is 0 Å². The van der Waals surface area contributed by atoms with Crippen LogP contribution in [0, 0.1) is 0 Å². The molecule has 0 atom stereocenters. The largest absolute Gasteiger partial charge is 0.490 e. The van der Waals surface area contributed by atoms with Gasteiger partial charge >= 0.3 is 18.1 Å². The number of nitrogens with one attached hydrogen (secondary N) is 1. The minimum Gasteiger partial charge on any atom is -0.476 e. The summed E-state index contributed by atoms with van der Waals surface area (Å²) in [5.41, 5.74) is 1.08. The van der Waals surface area contributed by atoms with E-state index in [2.05, 4.69) is 15.4 Å². The molecule has 0 aliphatic carbocycles. The van der Waals surface area contributed by atoms with Gasteiger partial charge in [-0.25, -0.2) is 9.59 Å².